The zero-order valence-corrected chi connectivity index (χ0v) is 10.8. The maximum Gasteiger partial charge on any atom is 0.142 e. The van der Waals surface area contributed by atoms with Gasteiger partial charge in [-0.2, -0.15) is 0 Å². The summed E-state index contributed by atoms with van der Waals surface area (Å²) in [5, 5.41) is 1.34. The second-order valence-electron chi connectivity index (χ2n) is 5.60. The summed E-state index contributed by atoms with van der Waals surface area (Å²) in [5.74, 6) is 0.952. The summed E-state index contributed by atoms with van der Waals surface area (Å²) in [4.78, 5) is 3.60. The van der Waals surface area contributed by atoms with Crippen molar-refractivity contribution in [1.29, 1.82) is 0 Å². The molecule has 1 aliphatic carbocycles. The van der Waals surface area contributed by atoms with E-state index < -0.39 is 0 Å². The summed E-state index contributed by atoms with van der Waals surface area (Å²) in [5.41, 5.74) is 4.32. The molecule has 0 aliphatic heterocycles. The summed E-state index contributed by atoms with van der Waals surface area (Å²) in [6.45, 7) is 4.65. The van der Waals surface area contributed by atoms with Crippen LogP contribution in [0.15, 0.2) is 18.2 Å². The predicted octanol–water partition coefficient (Wildman–Crippen LogP) is 3.79. The zero-order chi connectivity index (χ0) is 12.0. The lowest BCUT2D eigenvalue weighted by Gasteiger charge is -2.29. The number of benzene rings is 1. The number of methoxy groups -OCH3 is 1. The first-order chi connectivity index (χ1) is 8.13. The van der Waals surface area contributed by atoms with Crippen LogP contribution >= 0.6 is 0 Å². The molecule has 0 spiro atoms. The number of aromatic nitrogens is 1. The van der Waals surface area contributed by atoms with E-state index in [1.54, 1.807) is 7.11 Å². The number of aryl methyl sites for hydroxylation is 1. The molecule has 1 aromatic carbocycles. The Morgan fingerprint density at radius 2 is 2.12 bits per heavy atom. The summed E-state index contributed by atoms with van der Waals surface area (Å²) in [6.07, 6.45) is 3.73. The average Bonchev–Trinajstić information content (AvgIpc) is 2.69. The van der Waals surface area contributed by atoms with Crippen LogP contribution in [-0.2, 0) is 11.8 Å². The van der Waals surface area contributed by atoms with E-state index in [1.165, 1.54) is 35.9 Å². The third-order valence-electron chi connectivity index (χ3n) is 4.03. The highest BCUT2D eigenvalue weighted by molar-refractivity contribution is 5.90. The Kier molecular flexibility index (Phi) is 2.22. The quantitative estimate of drug-likeness (QED) is 0.790. The van der Waals surface area contributed by atoms with Crippen LogP contribution in [-0.4, -0.2) is 12.1 Å². The highest BCUT2D eigenvalue weighted by Crippen LogP contribution is 2.41. The highest BCUT2D eigenvalue weighted by Gasteiger charge is 2.30. The molecule has 3 rings (SSSR count). The Morgan fingerprint density at radius 3 is 2.88 bits per heavy atom. The van der Waals surface area contributed by atoms with Crippen molar-refractivity contribution in [3.05, 3.63) is 29.5 Å². The Labute approximate surface area is 102 Å². The predicted molar refractivity (Wildman–Crippen MR) is 70.8 cm³/mol. The average molecular weight is 229 g/mol. The molecule has 0 atom stereocenters. The van der Waals surface area contributed by atoms with Gasteiger partial charge in [-0.1, -0.05) is 26.0 Å². The summed E-state index contributed by atoms with van der Waals surface area (Å²) in [7, 11) is 1.74. The molecule has 0 radical (unpaired) electrons. The van der Waals surface area contributed by atoms with Gasteiger partial charge < -0.3 is 9.72 Å². The SMILES string of the molecule is COc1cccc2c3c([nH]c12)C(C)(C)CCC3. The number of para-hydroxylation sites is 1. The molecule has 1 aliphatic rings. The van der Waals surface area contributed by atoms with Crippen molar-refractivity contribution < 1.29 is 4.74 Å². The molecule has 0 bridgehead atoms. The lowest BCUT2D eigenvalue weighted by Crippen LogP contribution is -2.23. The fourth-order valence-electron chi connectivity index (χ4n) is 3.09. The number of ether oxygens (including phenoxy) is 1. The Morgan fingerprint density at radius 1 is 1.29 bits per heavy atom. The zero-order valence-electron chi connectivity index (χ0n) is 10.8. The molecule has 90 valence electrons. The van der Waals surface area contributed by atoms with Gasteiger partial charge in [-0.25, -0.2) is 0 Å². The third kappa shape index (κ3) is 1.47. The van der Waals surface area contributed by atoms with Crippen LogP contribution in [0.25, 0.3) is 10.9 Å². The third-order valence-corrected chi connectivity index (χ3v) is 4.03. The minimum absolute atomic E-state index is 0.262. The minimum Gasteiger partial charge on any atom is -0.495 e. The molecule has 0 saturated carbocycles. The molecule has 2 heteroatoms. The number of H-pyrrole nitrogens is 1. The van der Waals surface area contributed by atoms with E-state index in [0.717, 1.165) is 11.3 Å². The first-order valence-corrected chi connectivity index (χ1v) is 6.31. The minimum atomic E-state index is 0.262. The molecule has 0 saturated heterocycles. The molecule has 2 nitrogen and oxygen atoms in total. The van der Waals surface area contributed by atoms with Crippen LogP contribution in [0.1, 0.15) is 37.9 Å². The van der Waals surface area contributed by atoms with Gasteiger partial charge in [-0.15, -0.1) is 0 Å². The van der Waals surface area contributed by atoms with Crippen molar-refractivity contribution >= 4 is 10.9 Å². The van der Waals surface area contributed by atoms with Crippen molar-refractivity contribution in [3.63, 3.8) is 0 Å². The van der Waals surface area contributed by atoms with E-state index in [2.05, 4.69) is 31.0 Å². The smallest absolute Gasteiger partial charge is 0.142 e. The molecule has 1 aromatic heterocycles. The summed E-state index contributed by atoms with van der Waals surface area (Å²) >= 11 is 0. The molecule has 0 fully saturated rings. The lowest BCUT2D eigenvalue weighted by atomic mass is 9.76. The Bertz CT molecular complexity index is 566. The van der Waals surface area contributed by atoms with E-state index in [0.29, 0.717) is 0 Å². The highest BCUT2D eigenvalue weighted by atomic mass is 16.5. The first kappa shape index (κ1) is 10.7. The van der Waals surface area contributed by atoms with E-state index in [-0.39, 0.29) is 5.41 Å². The topological polar surface area (TPSA) is 25.0 Å². The second-order valence-corrected chi connectivity index (χ2v) is 5.60. The number of nitrogens with one attached hydrogen (secondary N) is 1. The van der Waals surface area contributed by atoms with Crippen molar-refractivity contribution in [2.45, 2.75) is 38.5 Å². The van der Waals surface area contributed by atoms with Gasteiger partial charge in [0.2, 0.25) is 0 Å². The van der Waals surface area contributed by atoms with Crippen LogP contribution in [0, 0.1) is 0 Å². The van der Waals surface area contributed by atoms with Gasteiger partial charge >= 0.3 is 0 Å². The molecule has 17 heavy (non-hydrogen) atoms. The number of hydrogen-bond donors (Lipinski definition) is 1. The molecular weight excluding hydrogens is 210 g/mol. The standard InChI is InChI=1S/C15H19NO/c1-15(2)9-5-7-11-10-6-4-8-12(17-3)13(10)16-14(11)15/h4,6,8,16H,5,7,9H2,1-3H3. The number of fused-ring (bicyclic) bond motifs is 3. The van der Waals surface area contributed by atoms with Gasteiger partial charge in [0.25, 0.3) is 0 Å². The van der Waals surface area contributed by atoms with Gasteiger partial charge in [0.05, 0.1) is 12.6 Å². The summed E-state index contributed by atoms with van der Waals surface area (Å²) in [6, 6.07) is 6.31. The second kappa shape index (κ2) is 3.52. The van der Waals surface area contributed by atoms with Crippen molar-refractivity contribution in [3.8, 4) is 5.75 Å². The van der Waals surface area contributed by atoms with E-state index in [4.69, 9.17) is 4.74 Å². The molecule has 1 N–H and O–H groups in total. The molecule has 1 heterocycles. The van der Waals surface area contributed by atoms with E-state index in [1.807, 2.05) is 6.07 Å². The Hall–Kier alpha value is -1.44. The fourth-order valence-corrected chi connectivity index (χ4v) is 3.09. The number of aromatic amines is 1. The lowest BCUT2D eigenvalue weighted by molar-refractivity contribution is 0.416. The number of rotatable bonds is 1. The molecule has 2 aromatic rings. The Balaban J connectivity index is 2.33. The van der Waals surface area contributed by atoms with E-state index in [9.17, 15) is 0 Å². The van der Waals surface area contributed by atoms with E-state index >= 15 is 0 Å². The number of hydrogen-bond acceptors (Lipinski definition) is 1. The maximum atomic E-state index is 5.44. The molecule has 0 amide bonds. The van der Waals surface area contributed by atoms with Crippen LogP contribution in [0.3, 0.4) is 0 Å². The van der Waals surface area contributed by atoms with Crippen LogP contribution in [0.2, 0.25) is 0 Å². The maximum absolute atomic E-state index is 5.44. The van der Waals surface area contributed by atoms with Crippen LogP contribution in [0.4, 0.5) is 0 Å². The first-order valence-electron chi connectivity index (χ1n) is 6.31. The monoisotopic (exact) mass is 229 g/mol. The molecular formula is C15H19NO. The largest absolute Gasteiger partial charge is 0.495 e. The fraction of sp³-hybridized carbons (Fsp3) is 0.467. The van der Waals surface area contributed by atoms with Gasteiger partial charge in [-0.05, 0) is 30.9 Å². The molecule has 0 unspecified atom stereocenters. The summed E-state index contributed by atoms with van der Waals surface area (Å²) < 4.78 is 5.44. The van der Waals surface area contributed by atoms with Crippen LogP contribution in [0.5, 0.6) is 5.75 Å². The van der Waals surface area contributed by atoms with Gasteiger partial charge in [0.1, 0.15) is 5.75 Å². The van der Waals surface area contributed by atoms with Crippen molar-refractivity contribution in [2.75, 3.05) is 7.11 Å². The van der Waals surface area contributed by atoms with Gasteiger partial charge in [0.15, 0.2) is 0 Å². The van der Waals surface area contributed by atoms with Crippen molar-refractivity contribution in [1.82, 2.24) is 4.98 Å². The van der Waals surface area contributed by atoms with Crippen molar-refractivity contribution in [2.24, 2.45) is 0 Å². The normalized spacial score (nSPS) is 18.1. The van der Waals surface area contributed by atoms with Gasteiger partial charge in [0, 0.05) is 16.5 Å². The van der Waals surface area contributed by atoms with Crippen LogP contribution < -0.4 is 4.74 Å². The van der Waals surface area contributed by atoms with Gasteiger partial charge in [-0.3, -0.25) is 0 Å².